The molecule has 2 rings (SSSR count). The Morgan fingerprint density at radius 2 is 2.11 bits per heavy atom. The van der Waals surface area contributed by atoms with Crippen LogP contribution in [0, 0.1) is 11.3 Å². The SMILES string of the molecule is CC1(C)CCCCC1C(=O)c1cnc(C(F)(F)F)s1. The molecular weight excluding hydrogens is 275 g/mol. The largest absolute Gasteiger partial charge is 0.443 e. The lowest BCUT2D eigenvalue weighted by molar-refractivity contribution is -0.137. The monoisotopic (exact) mass is 291 g/mol. The Morgan fingerprint density at radius 3 is 2.63 bits per heavy atom. The second-order valence-electron chi connectivity index (χ2n) is 5.68. The summed E-state index contributed by atoms with van der Waals surface area (Å²) in [5, 5.41) is -0.940. The fourth-order valence-electron chi connectivity index (χ4n) is 2.67. The summed E-state index contributed by atoms with van der Waals surface area (Å²) < 4.78 is 37.5. The number of thiazole rings is 1. The van der Waals surface area contributed by atoms with Gasteiger partial charge in [-0.1, -0.05) is 26.7 Å². The minimum absolute atomic E-state index is 0.132. The van der Waals surface area contributed by atoms with Crippen LogP contribution in [0.3, 0.4) is 0 Å². The van der Waals surface area contributed by atoms with E-state index >= 15 is 0 Å². The van der Waals surface area contributed by atoms with Crippen molar-refractivity contribution in [2.75, 3.05) is 0 Å². The van der Waals surface area contributed by atoms with Crippen molar-refractivity contribution in [3.05, 3.63) is 16.1 Å². The van der Waals surface area contributed by atoms with Crippen LogP contribution in [0.15, 0.2) is 6.20 Å². The van der Waals surface area contributed by atoms with Gasteiger partial charge in [0.2, 0.25) is 0 Å². The highest BCUT2D eigenvalue weighted by Gasteiger charge is 2.40. The number of alkyl halides is 3. The van der Waals surface area contributed by atoms with Crippen molar-refractivity contribution < 1.29 is 18.0 Å². The summed E-state index contributed by atoms with van der Waals surface area (Å²) >= 11 is 0.457. The predicted molar refractivity (Wildman–Crippen MR) is 67.2 cm³/mol. The van der Waals surface area contributed by atoms with E-state index in [0.29, 0.717) is 11.3 Å². The Balaban J connectivity index is 2.22. The Hall–Kier alpha value is -0.910. The van der Waals surface area contributed by atoms with Crippen molar-refractivity contribution in [3.8, 4) is 0 Å². The van der Waals surface area contributed by atoms with Gasteiger partial charge in [-0.3, -0.25) is 4.79 Å². The van der Waals surface area contributed by atoms with E-state index in [1.807, 2.05) is 13.8 Å². The fourth-order valence-corrected chi connectivity index (χ4v) is 3.45. The van der Waals surface area contributed by atoms with E-state index in [4.69, 9.17) is 0 Å². The number of carbonyl (C=O) groups is 1. The topological polar surface area (TPSA) is 30.0 Å². The predicted octanol–water partition coefficient (Wildman–Crippen LogP) is 4.56. The molecule has 1 aromatic rings. The van der Waals surface area contributed by atoms with Gasteiger partial charge in [0.25, 0.3) is 0 Å². The van der Waals surface area contributed by atoms with Gasteiger partial charge < -0.3 is 0 Å². The molecule has 1 saturated carbocycles. The fraction of sp³-hybridized carbons (Fsp3) is 0.692. The van der Waals surface area contributed by atoms with Gasteiger partial charge in [-0.2, -0.15) is 13.2 Å². The summed E-state index contributed by atoms with van der Waals surface area (Å²) in [4.78, 5) is 15.8. The van der Waals surface area contributed by atoms with Crippen LogP contribution in [0.2, 0.25) is 0 Å². The molecule has 6 heteroatoms. The maximum Gasteiger partial charge on any atom is 0.443 e. The summed E-state index contributed by atoms with van der Waals surface area (Å²) in [6.07, 6.45) is 0.337. The summed E-state index contributed by atoms with van der Waals surface area (Å²) in [6.45, 7) is 4.03. The Bertz CT molecular complexity index is 478. The van der Waals surface area contributed by atoms with Crippen molar-refractivity contribution in [2.45, 2.75) is 45.7 Å². The first-order chi connectivity index (χ1) is 8.72. The molecule has 1 atom stereocenters. The normalized spacial score (nSPS) is 23.3. The van der Waals surface area contributed by atoms with Gasteiger partial charge in [-0.05, 0) is 18.3 Å². The summed E-state index contributed by atoms with van der Waals surface area (Å²) in [6, 6.07) is 0. The lowest BCUT2D eigenvalue weighted by Crippen LogP contribution is -2.33. The van der Waals surface area contributed by atoms with E-state index in [2.05, 4.69) is 4.98 Å². The molecule has 0 N–H and O–H groups in total. The number of rotatable bonds is 2. The molecule has 19 heavy (non-hydrogen) atoms. The second-order valence-corrected chi connectivity index (χ2v) is 6.71. The first-order valence-corrected chi connectivity index (χ1v) is 7.11. The van der Waals surface area contributed by atoms with Crippen molar-refractivity contribution in [3.63, 3.8) is 0 Å². The minimum atomic E-state index is -4.47. The zero-order valence-electron chi connectivity index (χ0n) is 10.9. The Labute approximate surface area is 114 Å². The quantitative estimate of drug-likeness (QED) is 0.748. The molecule has 0 aromatic carbocycles. The van der Waals surface area contributed by atoms with Crippen molar-refractivity contribution in [1.29, 1.82) is 0 Å². The first kappa shape index (κ1) is 14.5. The van der Waals surface area contributed by atoms with E-state index in [-0.39, 0.29) is 22.0 Å². The zero-order chi connectivity index (χ0) is 14.3. The molecule has 1 fully saturated rings. The van der Waals surface area contributed by atoms with Gasteiger partial charge in [0.1, 0.15) is 0 Å². The van der Waals surface area contributed by atoms with Crippen LogP contribution >= 0.6 is 11.3 Å². The van der Waals surface area contributed by atoms with Gasteiger partial charge in [-0.25, -0.2) is 4.98 Å². The average molecular weight is 291 g/mol. The molecule has 1 aliphatic rings. The number of aromatic nitrogens is 1. The molecule has 0 bridgehead atoms. The number of nitrogens with zero attached hydrogens (tertiary/aromatic N) is 1. The Kier molecular flexibility index (Phi) is 3.73. The van der Waals surface area contributed by atoms with Crippen molar-refractivity contribution in [2.24, 2.45) is 11.3 Å². The molecule has 0 amide bonds. The average Bonchev–Trinajstić information content (AvgIpc) is 2.76. The van der Waals surface area contributed by atoms with Crippen LogP contribution in [0.25, 0.3) is 0 Å². The van der Waals surface area contributed by atoms with E-state index in [0.717, 1.165) is 31.9 Å². The molecule has 1 aliphatic carbocycles. The lowest BCUT2D eigenvalue weighted by Gasteiger charge is -2.37. The molecule has 0 aliphatic heterocycles. The zero-order valence-corrected chi connectivity index (χ0v) is 11.7. The molecule has 1 unspecified atom stereocenters. The maximum absolute atomic E-state index is 12.5. The second kappa shape index (κ2) is 4.89. The van der Waals surface area contributed by atoms with Crippen molar-refractivity contribution in [1.82, 2.24) is 4.98 Å². The molecule has 0 saturated heterocycles. The number of ketones is 1. The maximum atomic E-state index is 12.5. The highest BCUT2D eigenvalue weighted by Crippen LogP contribution is 2.43. The molecule has 1 aromatic heterocycles. The van der Waals surface area contributed by atoms with E-state index < -0.39 is 11.2 Å². The molecule has 0 radical (unpaired) electrons. The number of carbonyl (C=O) groups excluding carboxylic acids is 1. The number of hydrogen-bond acceptors (Lipinski definition) is 3. The smallest absolute Gasteiger partial charge is 0.293 e. The Morgan fingerprint density at radius 1 is 1.42 bits per heavy atom. The van der Waals surface area contributed by atoms with Gasteiger partial charge in [-0.15, -0.1) is 11.3 Å². The molecule has 2 nitrogen and oxygen atoms in total. The van der Waals surface area contributed by atoms with E-state index in [1.54, 1.807) is 0 Å². The highest BCUT2D eigenvalue weighted by molar-refractivity contribution is 7.13. The van der Waals surface area contributed by atoms with Crippen LogP contribution in [0.4, 0.5) is 13.2 Å². The van der Waals surface area contributed by atoms with E-state index in [9.17, 15) is 18.0 Å². The molecular formula is C13H16F3NOS. The third kappa shape index (κ3) is 2.99. The minimum Gasteiger partial charge on any atom is -0.293 e. The number of Topliss-reactive ketones (excluding diaryl/α,β-unsaturated/α-hetero) is 1. The third-order valence-electron chi connectivity index (χ3n) is 3.81. The molecule has 0 spiro atoms. The summed E-state index contributed by atoms with van der Waals surface area (Å²) in [5.41, 5.74) is -0.141. The van der Waals surface area contributed by atoms with E-state index in [1.165, 1.54) is 0 Å². The van der Waals surface area contributed by atoms with Gasteiger partial charge >= 0.3 is 6.18 Å². The van der Waals surface area contributed by atoms with Crippen LogP contribution in [0.5, 0.6) is 0 Å². The summed E-state index contributed by atoms with van der Waals surface area (Å²) in [5.74, 6) is -0.375. The van der Waals surface area contributed by atoms with Crippen LogP contribution < -0.4 is 0 Å². The van der Waals surface area contributed by atoms with Crippen LogP contribution in [0.1, 0.15) is 54.2 Å². The van der Waals surface area contributed by atoms with Gasteiger partial charge in [0.05, 0.1) is 4.88 Å². The lowest BCUT2D eigenvalue weighted by atomic mass is 9.67. The molecule has 106 valence electrons. The van der Waals surface area contributed by atoms with Crippen LogP contribution in [-0.2, 0) is 6.18 Å². The number of hydrogen-bond donors (Lipinski definition) is 0. The highest BCUT2D eigenvalue weighted by atomic mass is 32.1. The first-order valence-electron chi connectivity index (χ1n) is 6.29. The van der Waals surface area contributed by atoms with Crippen LogP contribution in [-0.4, -0.2) is 10.8 Å². The number of halogens is 3. The van der Waals surface area contributed by atoms with Gasteiger partial charge in [0.15, 0.2) is 10.8 Å². The summed E-state index contributed by atoms with van der Waals surface area (Å²) in [7, 11) is 0. The van der Waals surface area contributed by atoms with Crippen molar-refractivity contribution >= 4 is 17.1 Å². The third-order valence-corrected chi connectivity index (χ3v) is 4.87. The molecule has 1 heterocycles. The van der Waals surface area contributed by atoms with Gasteiger partial charge in [0, 0.05) is 12.1 Å². The standard InChI is InChI=1S/C13H16F3NOS/c1-12(2)6-4-3-5-8(12)10(18)9-7-17-11(19-9)13(14,15)16/h7-8H,3-6H2,1-2H3.